The van der Waals surface area contributed by atoms with Crippen molar-refractivity contribution in [3.05, 3.63) is 60.6 Å². The van der Waals surface area contributed by atoms with Crippen LogP contribution in [0.15, 0.2) is 55.0 Å². The third kappa shape index (κ3) is 3.09. The van der Waals surface area contributed by atoms with E-state index in [2.05, 4.69) is 9.97 Å². The summed E-state index contributed by atoms with van der Waals surface area (Å²) >= 11 is 0. The van der Waals surface area contributed by atoms with Crippen LogP contribution < -0.4 is 15.2 Å². The molecular weight excluding hydrogens is 342 g/mol. The van der Waals surface area contributed by atoms with Gasteiger partial charge in [-0.25, -0.2) is 9.97 Å². The molecule has 0 saturated heterocycles. The Morgan fingerprint density at radius 2 is 1.78 bits per heavy atom. The number of ether oxygens (including phenoxy) is 2. The first-order valence-corrected chi connectivity index (χ1v) is 8.45. The number of methoxy groups -OCH3 is 2. The molecule has 0 radical (unpaired) electrons. The lowest BCUT2D eigenvalue weighted by atomic mass is 10.1. The normalized spacial score (nSPS) is 10.9. The molecule has 0 unspecified atom stereocenters. The van der Waals surface area contributed by atoms with E-state index in [4.69, 9.17) is 20.2 Å². The van der Waals surface area contributed by atoms with E-state index in [9.17, 15) is 0 Å². The summed E-state index contributed by atoms with van der Waals surface area (Å²) in [6.45, 7) is 0.442. The van der Waals surface area contributed by atoms with Crippen LogP contribution in [0.5, 0.6) is 11.5 Å². The third-order valence-corrected chi connectivity index (χ3v) is 4.36. The minimum absolute atomic E-state index is 0.442. The number of nitrogens with two attached hydrogens (primary N) is 1. The minimum Gasteiger partial charge on any atom is -0.493 e. The number of fused-ring (bicyclic) bond motifs is 1. The minimum atomic E-state index is 0.442. The molecule has 7 heteroatoms. The fraction of sp³-hybridized carbons (Fsp3) is 0.150. The summed E-state index contributed by atoms with van der Waals surface area (Å²) in [5.41, 5.74) is 9.96. The summed E-state index contributed by atoms with van der Waals surface area (Å²) < 4.78 is 12.6. The van der Waals surface area contributed by atoms with Gasteiger partial charge in [-0.1, -0.05) is 0 Å². The molecule has 2 N–H and O–H groups in total. The van der Waals surface area contributed by atoms with Crippen molar-refractivity contribution in [2.45, 2.75) is 6.54 Å². The van der Waals surface area contributed by atoms with Crippen molar-refractivity contribution >= 4 is 5.65 Å². The maximum atomic E-state index is 5.78. The van der Waals surface area contributed by atoms with Gasteiger partial charge in [-0.05, 0) is 35.9 Å². The fourth-order valence-electron chi connectivity index (χ4n) is 2.97. The molecule has 0 aliphatic heterocycles. The van der Waals surface area contributed by atoms with Gasteiger partial charge in [-0.2, -0.15) is 0 Å². The van der Waals surface area contributed by atoms with E-state index in [1.54, 1.807) is 26.6 Å². The SMILES string of the molecule is COc1ccc(-c2cc3nccn3c(-c3cc(CN)ccn3)n2)cc1OC. The average Bonchev–Trinajstić information content (AvgIpc) is 3.21. The molecule has 7 nitrogen and oxygen atoms in total. The van der Waals surface area contributed by atoms with Gasteiger partial charge in [0.05, 0.1) is 19.9 Å². The van der Waals surface area contributed by atoms with E-state index in [0.29, 0.717) is 23.9 Å². The molecule has 0 aliphatic rings. The van der Waals surface area contributed by atoms with Crippen LogP contribution in [0.2, 0.25) is 0 Å². The molecule has 0 atom stereocenters. The predicted octanol–water partition coefficient (Wildman–Crippen LogP) is 2.93. The van der Waals surface area contributed by atoms with Crippen molar-refractivity contribution in [2.75, 3.05) is 14.2 Å². The highest BCUT2D eigenvalue weighted by atomic mass is 16.5. The number of benzene rings is 1. The van der Waals surface area contributed by atoms with Crippen molar-refractivity contribution in [3.63, 3.8) is 0 Å². The first-order valence-electron chi connectivity index (χ1n) is 8.45. The molecule has 136 valence electrons. The van der Waals surface area contributed by atoms with Crippen molar-refractivity contribution < 1.29 is 9.47 Å². The maximum Gasteiger partial charge on any atom is 0.165 e. The van der Waals surface area contributed by atoms with Crippen LogP contribution in [0.25, 0.3) is 28.4 Å². The zero-order valence-electron chi connectivity index (χ0n) is 15.1. The lowest BCUT2D eigenvalue weighted by Gasteiger charge is -2.11. The van der Waals surface area contributed by atoms with Gasteiger partial charge in [-0.15, -0.1) is 0 Å². The maximum absolute atomic E-state index is 5.78. The van der Waals surface area contributed by atoms with Crippen molar-refractivity contribution in [2.24, 2.45) is 5.73 Å². The third-order valence-electron chi connectivity index (χ3n) is 4.36. The fourth-order valence-corrected chi connectivity index (χ4v) is 2.97. The van der Waals surface area contributed by atoms with Crippen LogP contribution in [0.4, 0.5) is 0 Å². The van der Waals surface area contributed by atoms with E-state index in [-0.39, 0.29) is 0 Å². The Morgan fingerprint density at radius 1 is 0.926 bits per heavy atom. The van der Waals surface area contributed by atoms with Gasteiger partial charge in [0.1, 0.15) is 11.3 Å². The summed E-state index contributed by atoms with van der Waals surface area (Å²) in [6, 6.07) is 11.5. The number of aromatic nitrogens is 4. The van der Waals surface area contributed by atoms with Crippen LogP contribution in [-0.2, 0) is 6.54 Å². The van der Waals surface area contributed by atoms with Gasteiger partial charge in [0.25, 0.3) is 0 Å². The van der Waals surface area contributed by atoms with Crippen LogP contribution in [0.3, 0.4) is 0 Å². The van der Waals surface area contributed by atoms with Crippen LogP contribution in [-0.4, -0.2) is 33.6 Å². The predicted molar refractivity (Wildman–Crippen MR) is 103 cm³/mol. The molecule has 0 spiro atoms. The first-order chi connectivity index (χ1) is 13.2. The van der Waals surface area contributed by atoms with Crippen LogP contribution in [0, 0.1) is 0 Å². The summed E-state index contributed by atoms with van der Waals surface area (Å²) in [7, 11) is 3.22. The second-order valence-corrected chi connectivity index (χ2v) is 5.94. The van der Waals surface area contributed by atoms with Gasteiger partial charge < -0.3 is 15.2 Å². The average molecular weight is 361 g/mol. The first kappa shape index (κ1) is 17.0. The lowest BCUT2D eigenvalue weighted by Crippen LogP contribution is -2.02. The second kappa shape index (κ2) is 7.05. The Labute approximate surface area is 156 Å². The Morgan fingerprint density at radius 3 is 2.56 bits per heavy atom. The van der Waals surface area contributed by atoms with Crippen LogP contribution >= 0.6 is 0 Å². The highest BCUT2D eigenvalue weighted by Crippen LogP contribution is 2.32. The molecule has 0 amide bonds. The van der Waals surface area contributed by atoms with E-state index in [0.717, 1.165) is 28.2 Å². The number of rotatable bonds is 5. The molecule has 27 heavy (non-hydrogen) atoms. The topological polar surface area (TPSA) is 87.6 Å². The highest BCUT2D eigenvalue weighted by Gasteiger charge is 2.13. The molecular formula is C20H19N5O2. The summed E-state index contributed by atoms with van der Waals surface area (Å²) in [6.07, 6.45) is 5.35. The number of pyridine rings is 1. The van der Waals surface area contributed by atoms with Gasteiger partial charge in [0.15, 0.2) is 17.3 Å². The van der Waals surface area contributed by atoms with Gasteiger partial charge in [0, 0.05) is 36.8 Å². The summed E-state index contributed by atoms with van der Waals surface area (Å²) in [5.74, 6) is 2.01. The molecule has 4 rings (SSSR count). The quantitative estimate of drug-likeness (QED) is 0.588. The molecule has 1 aromatic carbocycles. The molecule has 0 saturated carbocycles. The summed E-state index contributed by atoms with van der Waals surface area (Å²) in [4.78, 5) is 13.7. The van der Waals surface area contributed by atoms with Crippen molar-refractivity contribution in [1.29, 1.82) is 0 Å². The van der Waals surface area contributed by atoms with Crippen molar-refractivity contribution in [3.8, 4) is 34.3 Å². The second-order valence-electron chi connectivity index (χ2n) is 5.94. The number of imidazole rings is 1. The molecule has 4 aromatic rings. The largest absolute Gasteiger partial charge is 0.493 e. The molecule has 3 aromatic heterocycles. The number of hydrogen-bond donors (Lipinski definition) is 1. The Balaban J connectivity index is 1.90. The van der Waals surface area contributed by atoms with E-state index in [1.165, 1.54) is 0 Å². The smallest absolute Gasteiger partial charge is 0.165 e. The molecule has 0 fully saturated rings. The standard InChI is InChI=1S/C20H19N5O2/c1-26-17-4-3-14(10-18(17)27-2)15-11-19-23-7-8-25(19)20(24-15)16-9-13(12-21)5-6-22-16/h3-11H,12,21H2,1-2H3. The van der Waals surface area contributed by atoms with E-state index < -0.39 is 0 Å². The number of hydrogen-bond acceptors (Lipinski definition) is 6. The highest BCUT2D eigenvalue weighted by molar-refractivity contribution is 5.70. The molecule has 0 aliphatic carbocycles. The Hall–Kier alpha value is -3.45. The molecule has 3 heterocycles. The van der Waals surface area contributed by atoms with Crippen LogP contribution in [0.1, 0.15) is 5.56 Å². The van der Waals surface area contributed by atoms with E-state index in [1.807, 2.05) is 47.0 Å². The van der Waals surface area contributed by atoms with Gasteiger partial charge in [0.2, 0.25) is 0 Å². The molecule has 0 bridgehead atoms. The lowest BCUT2D eigenvalue weighted by molar-refractivity contribution is 0.355. The zero-order chi connectivity index (χ0) is 18.8. The van der Waals surface area contributed by atoms with Gasteiger partial charge in [-0.3, -0.25) is 9.38 Å². The Kier molecular flexibility index (Phi) is 4.43. The zero-order valence-corrected chi connectivity index (χ0v) is 15.1. The number of nitrogens with zero attached hydrogens (tertiary/aromatic N) is 4. The van der Waals surface area contributed by atoms with Crippen molar-refractivity contribution in [1.82, 2.24) is 19.4 Å². The Bertz CT molecular complexity index is 1110. The van der Waals surface area contributed by atoms with Gasteiger partial charge >= 0.3 is 0 Å². The summed E-state index contributed by atoms with van der Waals surface area (Å²) in [5, 5.41) is 0. The van der Waals surface area contributed by atoms with E-state index >= 15 is 0 Å². The monoisotopic (exact) mass is 361 g/mol.